The zero-order valence-electron chi connectivity index (χ0n) is 18.0. The van der Waals surface area contributed by atoms with Crippen LogP contribution in [0.25, 0.3) is 0 Å². The maximum absolute atomic E-state index is 13.1. The molecule has 1 aliphatic heterocycles. The fraction of sp³-hybridized carbons (Fsp3) is 0.409. The number of halogens is 1. The average molecular weight is 450 g/mol. The van der Waals surface area contributed by atoms with Gasteiger partial charge in [-0.15, -0.1) is 0 Å². The summed E-state index contributed by atoms with van der Waals surface area (Å²) >= 11 is 0. The van der Waals surface area contributed by atoms with E-state index in [-0.39, 0.29) is 29.7 Å². The first-order valence-corrected chi connectivity index (χ1v) is 11.6. The number of anilines is 1. The molecule has 0 aromatic heterocycles. The van der Waals surface area contributed by atoms with E-state index in [0.29, 0.717) is 37.5 Å². The quantitative estimate of drug-likeness (QED) is 0.650. The zero-order valence-corrected chi connectivity index (χ0v) is 18.9. The van der Waals surface area contributed by atoms with E-state index >= 15 is 0 Å². The van der Waals surface area contributed by atoms with Gasteiger partial charge in [0.1, 0.15) is 11.6 Å². The second kappa shape index (κ2) is 9.65. The number of hydrogen-bond acceptors (Lipinski definition) is 5. The number of rotatable bonds is 7. The monoisotopic (exact) mass is 449 g/mol. The molecule has 1 fully saturated rings. The lowest BCUT2D eigenvalue weighted by molar-refractivity contribution is -0.131. The molecule has 0 N–H and O–H groups in total. The lowest BCUT2D eigenvalue weighted by Crippen LogP contribution is -2.51. The van der Waals surface area contributed by atoms with Gasteiger partial charge < -0.3 is 14.5 Å². The lowest BCUT2D eigenvalue weighted by atomic mass is 10.2. The molecule has 1 amide bonds. The van der Waals surface area contributed by atoms with Crippen LogP contribution in [0.1, 0.15) is 12.5 Å². The van der Waals surface area contributed by atoms with E-state index in [9.17, 15) is 17.6 Å². The first-order chi connectivity index (χ1) is 14.8. The van der Waals surface area contributed by atoms with Crippen molar-refractivity contribution in [2.75, 3.05) is 51.3 Å². The van der Waals surface area contributed by atoms with Gasteiger partial charge in [-0.1, -0.05) is 6.92 Å². The van der Waals surface area contributed by atoms with E-state index in [0.717, 1.165) is 5.69 Å². The lowest BCUT2D eigenvalue weighted by Gasteiger charge is -2.36. The number of carbonyl (C=O) groups excluding carboxylic acids is 1. The number of aryl methyl sites for hydroxylation is 1. The molecule has 3 rings (SSSR count). The van der Waals surface area contributed by atoms with Crippen molar-refractivity contribution in [1.29, 1.82) is 0 Å². The SMILES string of the molecule is CCN(CC(=O)N1CCN(c2ccc(F)cc2)CC1)S(=O)(=O)c1ccc(OC)c(C)c1. The maximum Gasteiger partial charge on any atom is 0.243 e. The van der Waals surface area contributed by atoms with Crippen LogP contribution in [-0.2, 0) is 14.8 Å². The second-order valence-electron chi connectivity index (χ2n) is 7.41. The van der Waals surface area contributed by atoms with Crippen LogP contribution in [0.5, 0.6) is 5.75 Å². The Kier molecular flexibility index (Phi) is 7.17. The molecule has 1 saturated heterocycles. The van der Waals surface area contributed by atoms with Crippen molar-refractivity contribution in [3.63, 3.8) is 0 Å². The Morgan fingerprint density at radius 2 is 1.74 bits per heavy atom. The molecule has 31 heavy (non-hydrogen) atoms. The van der Waals surface area contributed by atoms with Crippen molar-refractivity contribution in [3.05, 3.63) is 53.8 Å². The summed E-state index contributed by atoms with van der Waals surface area (Å²) in [4.78, 5) is 16.7. The molecule has 2 aromatic carbocycles. The van der Waals surface area contributed by atoms with E-state index in [2.05, 4.69) is 4.90 Å². The molecular weight excluding hydrogens is 421 g/mol. The van der Waals surface area contributed by atoms with Gasteiger partial charge in [0.25, 0.3) is 0 Å². The van der Waals surface area contributed by atoms with Gasteiger partial charge in [-0.2, -0.15) is 4.31 Å². The molecule has 0 radical (unpaired) electrons. The summed E-state index contributed by atoms with van der Waals surface area (Å²) in [6.45, 7) is 5.65. The van der Waals surface area contributed by atoms with Crippen LogP contribution in [0, 0.1) is 12.7 Å². The molecule has 0 saturated carbocycles. The Bertz CT molecular complexity index is 1020. The molecule has 2 aromatic rings. The molecule has 1 aliphatic rings. The largest absolute Gasteiger partial charge is 0.496 e. The maximum atomic E-state index is 13.1. The van der Waals surface area contributed by atoms with Crippen LogP contribution in [0.3, 0.4) is 0 Å². The average Bonchev–Trinajstić information content (AvgIpc) is 2.77. The first-order valence-electron chi connectivity index (χ1n) is 10.2. The summed E-state index contributed by atoms with van der Waals surface area (Å²) in [6.07, 6.45) is 0. The molecule has 0 unspecified atom stereocenters. The Labute approximate surface area is 183 Å². The van der Waals surface area contributed by atoms with Crippen LogP contribution < -0.4 is 9.64 Å². The minimum Gasteiger partial charge on any atom is -0.496 e. The van der Waals surface area contributed by atoms with Gasteiger partial charge >= 0.3 is 0 Å². The van der Waals surface area contributed by atoms with Crippen molar-refractivity contribution >= 4 is 21.6 Å². The standard InChI is InChI=1S/C22H28FN3O4S/c1-4-26(31(28,29)20-9-10-21(30-3)17(2)15-20)16-22(27)25-13-11-24(12-14-25)19-7-5-18(23)6-8-19/h5-10,15H,4,11-14,16H2,1-3H3. The summed E-state index contributed by atoms with van der Waals surface area (Å²) in [5, 5.41) is 0. The van der Waals surface area contributed by atoms with Gasteiger partial charge in [0.2, 0.25) is 15.9 Å². The van der Waals surface area contributed by atoms with Crippen molar-refractivity contribution in [2.24, 2.45) is 0 Å². The van der Waals surface area contributed by atoms with Crippen LogP contribution in [0.2, 0.25) is 0 Å². The molecule has 0 aliphatic carbocycles. The Hall–Kier alpha value is -2.65. The summed E-state index contributed by atoms with van der Waals surface area (Å²) in [6, 6.07) is 10.9. The third kappa shape index (κ3) is 5.16. The molecule has 9 heteroatoms. The Morgan fingerprint density at radius 3 is 2.29 bits per heavy atom. The number of sulfonamides is 1. The molecule has 0 spiro atoms. The van der Waals surface area contributed by atoms with E-state index in [1.165, 1.54) is 29.6 Å². The summed E-state index contributed by atoms with van der Waals surface area (Å²) in [5.74, 6) is 0.0944. The van der Waals surface area contributed by atoms with E-state index < -0.39 is 10.0 Å². The smallest absolute Gasteiger partial charge is 0.243 e. The number of benzene rings is 2. The topological polar surface area (TPSA) is 70.2 Å². The van der Waals surface area contributed by atoms with Crippen molar-refractivity contribution in [1.82, 2.24) is 9.21 Å². The highest BCUT2D eigenvalue weighted by molar-refractivity contribution is 7.89. The number of nitrogens with zero attached hydrogens (tertiary/aromatic N) is 3. The predicted molar refractivity (Wildman–Crippen MR) is 117 cm³/mol. The number of hydrogen-bond donors (Lipinski definition) is 0. The Morgan fingerprint density at radius 1 is 1.10 bits per heavy atom. The Balaban J connectivity index is 1.64. The van der Waals surface area contributed by atoms with Gasteiger partial charge in [-0.3, -0.25) is 4.79 Å². The van der Waals surface area contributed by atoms with Gasteiger partial charge in [0.05, 0.1) is 18.6 Å². The first kappa shape index (κ1) is 23.0. The molecule has 168 valence electrons. The van der Waals surface area contributed by atoms with E-state index in [1.807, 2.05) is 0 Å². The number of methoxy groups -OCH3 is 1. The second-order valence-corrected chi connectivity index (χ2v) is 9.34. The minimum atomic E-state index is -3.81. The van der Waals surface area contributed by atoms with Crippen molar-refractivity contribution < 1.29 is 22.3 Å². The third-order valence-electron chi connectivity index (χ3n) is 5.49. The number of ether oxygens (including phenoxy) is 1. The number of likely N-dealkylation sites (N-methyl/N-ethyl adjacent to an activating group) is 1. The third-order valence-corrected chi connectivity index (χ3v) is 7.41. The summed E-state index contributed by atoms with van der Waals surface area (Å²) < 4.78 is 45.7. The van der Waals surface area contributed by atoms with Crippen LogP contribution in [0.15, 0.2) is 47.4 Å². The molecule has 0 atom stereocenters. The molecule has 0 bridgehead atoms. The number of piperazine rings is 1. The predicted octanol–water partition coefficient (Wildman–Crippen LogP) is 2.50. The van der Waals surface area contributed by atoms with Gasteiger partial charge in [-0.25, -0.2) is 12.8 Å². The van der Waals surface area contributed by atoms with Gasteiger partial charge in [0, 0.05) is 38.4 Å². The normalized spacial score (nSPS) is 14.7. The van der Waals surface area contributed by atoms with Crippen molar-refractivity contribution in [2.45, 2.75) is 18.7 Å². The number of carbonyl (C=O) groups is 1. The number of amides is 1. The highest BCUT2D eigenvalue weighted by Gasteiger charge is 2.29. The van der Waals surface area contributed by atoms with Crippen LogP contribution >= 0.6 is 0 Å². The highest BCUT2D eigenvalue weighted by Crippen LogP contribution is 2.24. The van der Waals surface area contributed by atoms with Gasteiger partial charge in [0.15, 0.2) is 0 Å². The van der Waals surface area contributed by atoms with E-state index in [1.54, 1.807) is 43.0 Å². The molecule has 1 heterocycles. The fourth-order valence-electron chi connectivity index (χ4n) is 3.64. The highest BCUT2D eigenvalue weighted by atomic mass is 32.2. The molecule has 7 nitrogen and oxygen atoms in total. The summed E-state index contributed by atoms with van der Waals surface area (Å²) in [5.41, 5.74) is 1.61. The van der Waals surface area contributed by atoms with Gasteiger partial charge in [-0.05, 0) is 55.0 Å². The van der Waals surface area contributed by atoms with Crippen LogP contribution in [-0.4, -0.2) is 69.9 Å². The van der Waals surface area contributed by atoms with Crippen molar-refractivity contribution in [3.8, 4) is 5.75 Å². The van der Waals surface area contributed by atoms with Crippen LogP contribution in [0.4, 0.5) is 10.1 Å². The minimum absolute atomic E-state index is 0.140. The fourth-order valence-corrected chi connectivity index (χ4v) is 5.13. The van der Waals surface area contributed by atoms with E-state index in [4.69, 9.17) is 4.74 Å². The zero-order chi connectivity index (χ0) is 22.6. The molecular formula is C22H28FN3O4S. The summed E-state index contributed by atoms with van der Waals surface area (Å²) in [7, 11) is -2.27.